The van der Waals surface area contributed by atoms with Crippen LogP contribution < -0.4 is 16.8 Å². The topological polar surface area (TPSA) is 81.1 Å². The standard InChI is InChI=1S/C13H25N3O/c14-9-13(6-1-7-13)8-12(17)16-11-4-2-10(15)3-5-11/h10-11H,1-9,14-15H2,(H,16,17). The van der Waals surface area contributed by atoms with Crippen LogP contribution in [0.2, 0.25) is 0 Å². The molecule has 2 saturated carbocycles. The van der Waals surface area contributed by atoms with E-state index >= 15 is 0 Å². The van der Waals surface area contributed by atoms with Crippen molar-refractivity contribution in [2.45, 2.75) is 63.5 Å². The summed E-state index contributed by atoms with van der Waals surface area (Å²) in [6.07, 6.45) is 8.21. The molecule has 2 aliphatic rings. The van der Waals surface area contributed by atoms with Gasteiger partial charge in [-0.15, -0.1) is 0 Å². The van der Waals surface area contributed by atoms with Gasteiger partial charge >= 0.3 is 0 Å². The van der Waals surface area contributed by atoms with Gasteiger partial charge in [-0.3, -0.25) is 4.79 Å². The summed E-state index contributed by atoms with van der Waals surface area (Å²) in [5.41, 5.74) is 11.7. The predicted octanol–water partition coefficient (Wildman–Crippen LogP) is 0.892. The van der Waals surface area contributed by atoms with Crippen LogP contribution in [-0.2, 0) is 4.79 Å². The third-order valence-electron chi connectivity index (χ3n) is 4.52. The Morgan fingerprint density at radius 1 is 1.24 bits per heavy atom. The van der Waals surface area contributed by atoms with Crippen LogP contribution in [0, 0.1) is 5.41 Å². The Morgan fingerprint density at radius 2 is 1.88 bits per heavy atom. The minimum atomic E-state index is 0.120. The Morgan fingerprint density at radius 3 is 2.35 bits per heavy atom. The molecule has 0 aromatic heterocycles. The maximum Gasteiger partial charge on any atom is 0.220 e. The second kappa shape index (κ2) is 5.36. The zero-order valence-electron chi connectivity index (χ0n) is 10.6. The van der Waals surface area contributed by atoms with E-state index in [-0.39, 0.29) is 11.3 Å². The zero-order valence-corrected chi connectivity index (χ0v) is 10.6. The maximum atomic E-state index is 12.0. The van der Waals surface area contributed by atoms with Crippen molar-refractivity contribution in [3.8, 4) is 0 Å². The molecule has 0 bridgehead atoms. The maximum absolute atomic E-state index is 12.0. The van der Waals surface area contributed by atoms with Gasteiger partial charge in [-0.1, -0.05) is 6.42 Å². The Bertz CT molecular complexity index is 262. The van der Waals surface area contributed by atoms with Gasteiger partial charge in [0.1, 0.15) is 0 Å². The number of rotatable bonds is 4. The van der Waals surface area contributed by atoms with Gasteiger partial charge < -0.3 is 16.8 Å². The van der Waals surface area contributed by atoms with Gasteiger partial charge in [0.25, 0.3) is 0 Å². The third-order valence-corrected chi connectivity index (χ3v) is 4.52. The molecule has 0 aromatic rings. The monoisotopic (exact) mass is 239 g/mol. The number of nitrogens with two attached hydrogens (primary N) is 2. The van der Waals surface area contributed by atoms with Crippen LogP contribution in [0.4, 0.5) is 0 Å². The Labute approximate surface area is 103 Å². The molecule has 1 amide bonds. The lowest BCUT2D eigenvalue weighted by atomic mass is 9.66. The van der Waals surface area contributed by atoms with Gasteiger partial charge in [0, 0.05) is 18.5 Å². The number of hydrogen-bond acceptors (Lipinski definition) is 3. The zero-order chi connectivity index (χ0) is 12.3. The van der Waals surface area contributed by atoms with Crippen LogP contribution in [-0.4, -0.2) is 24.5 Å². The van der Waals surface area contributed by atoms with Crippen LogP contribution in [0.5, 0.6) is 0 Å². The summed E-state index contributed by atoms with van der Waals surface area (Å²) in [4.78, 5) is 12.0. The number of carbonyl (C=O) groups excluding carboxylic acids is 1. The summed E-state index contributed by atoms with van der Waals surface area (Å²) >= 11 is 0. The van der Waals surface area contributed by atoms with E-state index in [1.807, 2.05) is 0 Å². The number of carbonyl (C=O) groups is 1. The van der Waals surface area contributed by atoms with E-state index in [4.69, 9.17) is 11.5 Å². The normalized spacial score (nSPS) is 31.6. The number of nitrogens with one attached hydrogen (secondary N) is 1. The molecular weight excluding hydrogens is 214 g/mol. The highest BCUT2D eigenvalue weighted by atomic mass is 16.1. The van der Waals surface area contributed by atoms with E-state index in [2.05, 4.69) is 5.32 Å². The van der Waals surface area contributed by atoms with Gasteiger partial charge in [0.2, 0.25) is 5.91 Å². The molecule has 0 aromatic carbocycles. The average Bonchev–Trinajstić information content (AvgIpc) is 2.27. The van der Waals surface area contributed by atoms with Crippen molar-refractivity contribution in [3.63, 3.8) is 0 Å². The van der Waals surface area contributed by atoms with Crippen LogP contribution in [0.3, 0.4) is 0 Å². The summed E-state index contributed by atoms with van der Waals surface area (Å²) in [7, 11) is 0. The van der Waals surface area contributed by atoms with E-state index in [0.717, 1.165) is 38.5 Å². The van der Waals surface area contributed by atoms with Gasteiger partial charge in [0.05, 0.1) is 0 Å². The number of amides is 1. The molecule has 2 aliphatic carbocycles. The Hall–Kier alpha value is -0.610. The second-order valence-corrected chi connectivity index (χ2v) is 5.91. The molecule has 2 rings (SSSR count). The Balaban J connectivity index is 1.73. The molecule has 0 heterocycles. The molecular formula is C13H25N3O. The first-order valence-electron chi connectivity index (χ1n) is 6.89. The van der Waals surface area contributed by atoms with E-state index in [9.17, 15) is 4.79 Å². The van der Waals surface area contributed by atoms with Gasteiger partial charge in [-0.05, 0) is 50.5 Å². The summed E-state index contributed by atoms with van der Waals surface area (Å²) in [6, 6.07) is 0.683. The molecule has 4 nitrogen and oxygen atoms in total. The molecule has 0 saturated heterocycles. The van der Waals surface area contributed by atoms with Gasteiger partial charge in [-0.25, -0.2) is 0 Å². The van der Waals surface area contributed by atoms with E-state index in [1.165, 1.54) is 6.42 Å². The summed E-state index contributed by atoms with van der Waals surface area (Å²) in [5, 5.41) is 3.15. The highest BCUT2D eigenvalue weighted by molar-refractivity contribution is 5.77. The molecule has 0 atom stereocenters. The largest absolute Gasteiger partial charge is 0.353 e. The smallest absolute Gasteiger partial charge is 0.220 e. The van der Waals surface area contributed by atoms with Crippen molar-refractivity contribution in [1.82, 2.24) is 5.32 Å². The molecule has 2 fully saturated rings. The molecule has 0 radical (unpaired) electrons. The fourth-order valence-electron chi connectivity index (χ4n) is 3.01. The van der Waals surface area contributed by atoms with Crippen molar-refractivity contribution in [3.05, 3.63) is 0 Å². The first-order valence-corrected chi connectivity index (χ1v) is 6.89. The fourth-order valence-corrected chi connectivity index (χ4v) is 3.01. The quantitative estimate of drug-likeness (QED) is 0.681. The lowest BCUT2D eigenvalue weighted by Gasteiger charge is -2.40. The van der Waals surface area contributed by atoms with Crippen LogP contribution in [0.15, 0.2) is 0 Å². The SMILES string of the molecule is NCC1(CC(=O)NC2CCC(N)CC2)CCC1. The van der Waals surface area contributed by atoms with Gasteiger partial charge in [-0.2, -0.15) is 0 Å². The van der Waals surface area contributed by atoms with Crippen molar-refractivity contribution in [2.75, 3.05) is 6.54 Å². The first kappa shape index (κ1) is 12.8. The van der Waals surface area contributed by atoms with Crippen molar-refractivity contribution in [2.24, 2.45) is 16.9 Å². The highest BCUT2D eigenvalue weighted by Gasteiger charge is 2.37. The van der Waals surface area contributed by atoms with E-state index in [1.54, 1.807) is 0 Å². The molecule has 4 heteroatoms. The molecule has 0 aliphatic heterocycles. The molecule has 0 spiro atoms. The minimum absolute atomic E-state index is 0.120. The van der Waals surface area contributed by atoms with E-state index < -0.39 is 0 Å². The average molecular weight is 239 g/mol. The highest BCUT2D eigenvalue weighted by Crippen LogP contribution is 2.42. The van der Waals surface area contributed by atoms with Crippen LogP contribution in [0.1, 0.15) is 51.4 Å². The minimum Gasteiger partial charge on any atom is -0.353 e. The lowest BCUT2D eigenvalue weighted by Crippen LogP contribution is -2.45. The number of hydrogen-bond donors (Lipinski definition) is 3. The lowest BCUT2D eigenvalue weighted by molar-refractivity contribution is -0.125. The van der Waals surface area contributed by atoms with E-state index in [0.29, 0.717) is 25.0 Å². The second-order valence-electron chi connectivity index (χ2n) is 5.91. The summed E-state index contributed by atoms with van der Waals surface area (Å²) in [6.45, 7) is 0.649. The van der Waals surface area contributed by atoms with Crippen LogP contribution in [0.25, 0.3) is 0 Å². The molecule has 5 N–H and O–H groups in total. The molecule has 0 unspecified atom stereocenters. The van der Waals surface area contributed by atoms with Crippen molar-refractivity contribution < 1.29 is 4.79 Å². The Kier molecular flexibility index (Phi) is 4.05. The third kappa shape index (κ3) is 3.19. The molecule has 98 valence electrons. The van der Waals surface area contributed by atoms with Gasteiger partial charge in [0.15, 0.2) is 0 Å². The predicted molar refractivity (Wildman–Crippen MR) is 68.3 cm³/mol. The first-order chi connectivity index (χ1) is 8.13. The van der Waals surface area contributed by atoms with Crippen molar-refractivity contribution >= 4 is 5.91 Å². The summed E-state index contributed by atoms with van der Waals surface area (Å²) < 4.78 is 0. The van der Waals surface area contributed by atoms with Crippen LogP contribution >= 0.6 is 0 Å². The fraction of sp³-hybridized carbons (Fsp3) is 0.923. The summed E-state index contributed by atoms with van der Waals surface area (Å²) in [5.74, 6) is 0.190. The molecule has 17 heavy (non-hydrogen) atoms. The van der Waals surface area contributed by atoms with Crippen molar-refractivity contribution in [1.29, 1.82) is 0 Å².